The lowest BCUT2D eigenvalue weighted by Crippen LogP contribution is -2.45. The van der Waals surface area contributed by atoms with E-state index in [2.05, 4.69) is 19.9 Å². The number of amides is 1. The van der Waals surface area contributed by atoms with Crippen molar-refractivity contribution in [1.29, 1.82) is 0 Å². The number of carbonyl (C=O) groups excluding carboxylic acids is 1. The highest BCUT2D eigenvalue weighted by molar-refractivity contribution is 7.89. The van der Waals surface area contributed by atoms with E-state index in [0.717, 1.165) is 11.4 Å². The average molecular weight is 602 g/mol. The van der Waals surface area contributed by atoms with E-state index in [-0.39, 0.29) is 17.1 Å². The molecule has 0 spiro atoms. The van der Waals surface area contributed by atoms with Gasteiger partial charge in [-0.15, -0.1) is 0 Å². The van der Waals surface area contributed by atoms with E-state index in [1.54, 1.807) is 42.5 Å². The van der Waals surface area contributed by atoms with E-state index in [9.17, 15) is 31.5 Å². The number of hydrogen-bond donors (Lipinski definition) is 4. The van der Waals surface area contributed by atoms with Crippen molar-refractivity contribution in [2.24, 2.45) is 0 Å². The molecule has 1 unspecified atom stereocenters. The van der Waals surface area contributed by atoms with Crippen LogP contribution in [-0.4, -0.2) is 31.4 Å². The van der Waals surface area contributed by atoms with Gasteiger partial charge in [0.15, 0.2) is 0 Å². The van der Waals surface area contributed by atoms with Crippen molar-refractivity contribution in [2.75, 3.05) is 10.6 Å². The molecule has 1 amide bonds. The number of carbonyl (C=O) groups is 1. The van der Waals surface area contributed by atoms with Crippen molar-refractivity contribution in [1.82, 2.24) is 4.72 Å². The van der Waals surface area contributed by atoms with Crippen molar-refractivity contribution in [3.05, 3.63) is 115 Å². The predicted molar refractivity (Wildman–Crippen MR) is 152 cm³/mol. The van der Waals surface area contributed by atoms with E-state index in [4.69, 9.17) is 0 Å². The standard InChI is InChI=1S/C28H26F2N3O6PS/c29-28(30)40(35,36)39-24-17-11-20(12-18-24)19-26(33-41(37,38)25-9-5-2-6-10-25)27(34)32-23-15-13-22(14-16-23)31-21-7-3-1-4-8-21/h1-18,26,28,31,33H,19H2,(H,32,34)(H,35,36)/t26-/m0/s1. The van der Waals surface area contributed by atoms with E-state index >= 15 is 0 Å². The molecule has 0 aliphatic carbocycles. The number of anilines is 3. The quantitative estimate of drug-likeness (QED) is 0.152. The number of sulfonamides is 1. The molecule has 0 aliphatic heterocycles. The van der Waals surface area contributed by atoms with Crippen LogP contribution in [0.2, 0.25) is 0 Å². The third kappa shape index (κ3) is 8.45. The van der Waals surface area contributed by atoms with Gasteiger partial charge in [0.1, 0.15) is 11.8 Å². The second kappa shape index (κ2) is 13.0. The number of para-hydroxylation sites is 1. The molecule has 0 fully saturated rings. The molecule has 4 aromatic carbocycles. The Morgan fingerprint density at radius 2 is 1.34 bits per heavy atom. The number of nitrogens with one attached hydrogen (secondary N) is 3. The Hall–Kier alpha value is -4.09. The fourth-order valence-electron chi connectivity index (χ4n) is 3.71. The maximum atomic E-state index is 13.3. The van der Waals surface area contributed by atoms with Crippen molar-refractivity contribution >= 4 is 40.6 Å². The predicted octanol–water partition coefficient (Wildman–Crippen LogP) is 5.75. The topological polar surface area (TPSA) is 134 Å². The zero-order valence-corrected chi connectivity index (χ0v) is 23.1. The molecule has 9 nitrogen and oxygen atoms in total. The largest absolute Gasteiger partial charge is 0.442 e. The van der Waals surface area contributed by atoms with Crippen LogP contribution in [0, 0.1) is 0 Å². The number of rotatable bonds is 12. The number of halogens is 2. The van der Waals surface area contributed by atoms with Crippen molar-refractivity contribution in [3.8, 4) is 5.75 Å². The zero-order chi connectivity index (χ0) is 29.5. The Labute approximate surface area is 235 Å². The first kappa shape index (κ1) is 29.9. The van der Waals surface area contributed by atoms with Gasteiger partial charge in [-0.05, 0) is 72.6 Å². The first-order valence-corrected chi connectivity index (χ1v) is 15.3. The lowest BCUT2D eigenvalue weighted by Gasteiger charge is -2.19. The van der Waals surface area contributed by atoms with Crippen LogP contribution < -0.4 is 19.9 Å². The monoisotopic (exact) mass is 601 g/mol. The Bertz CT molecular complexity index is 1610. The van der Waals surface area contributed by atoms with Gasteiger partial charge < -0.3 is 20.1 Å². The molecule has 41 heavy (non-hydrogen) atoms. The van der Waals surface area contributed by atoms with Crippen molar-refractivity contribution in [2.45, 2.75) is 23.5 Å². The summed E-state index contributed by atoms with van der Waals surface area (Å²) in [6.07, 6.45) is -3.71. The van der Waals surface area contributed by atoms with Crippen molar-refractivity contribution < 1.29 is 36.0 Å². The Balaban J connectivity index is 1.51. The van der Waals surface area contributed by atoms with Crippen molar-refractivity contribution in [3.63, 3.8) is 0 Å². The highest BCUT2D eigenvalue weighted by Crippen LogP contribution is 2.48. The molecule has 214 valence electrons. The Kier molecular flexibility index (Phi) is 9.51. The van der Waals surface area contributed by atoms with Gasteiger partial charge in [0.25, 0.3) is 0 Å². The third-order valence-corrected chi connectivity index (χ3v) is 8.18. The van der Waals surface area contributed by atoms with Crippen LogP contribution in [0.25, 0.3) is 0 Å². The second-order valence-electron chi connectivity index (χ2n) is 8.83. The van der Waals surface area contributed by atoms with Gasteiger partial charge >= 0.3 is 13.8 Å². The lowest BCUT2D eigenvalue weighted by molar-refractivity contribution is -0.117. The molecule has 13 heteroatoms. The first-order chi connectivity index (χ1) is 19.5. The third-order valence-electron chi connectivity index (χ3n) is 5.73. The molecule has 0 bridgehead atoms. The van der Waals surface area contributed by atoms with Gasteiger partial charge in [-0.2, -0.15) is 13.5 Å². The van der Waals surface area contributed by atoms with Gasteiger partial charge in [-0.25, -0.2) is 13.0 Å². The van der Waals surface area contributed by atoms with Gasteiger partial charge in [-0.3, -0.25) is 4.79 Å². The summed E-state index contributed by atoms with van der Waals surface area (Å²) in [5.74, 6) is -0.930. The molecule has 0 saturated heterocycles. The summed E-state index contributed by atoms with van der Waals surface area (Å²) < 4.78 is 69.8. The highest BCUT2D eigenvalue weighted by Gasteiger charge is 2.34. The SMILES string of the molecule is O=C(Nc1ccc(Nc2ccccc2)cc1)[C@H](Cc1ccc(OP(=O)(O)C(F)F)cc1)NS(=O)(=O)c1ccccc1. The fourth-order valence-corrected chi connectivity index (χ4v) is 5.43. The van der Waals surface area contributed by atoms with Gasteiger partial charge in [0.2, 0.25) is 15.9 Å². The summed E-state index contributed by atoms with van der Waals surface area (Å²) in [6.45, 7) is 0. The van der Waals surface area contributed by atoms with Crippen LogP contribution in [0.1, 0.15) is 5.56 Å². The smallest absolute Gasteiger partial charge is 0.421 e. The van der Waals surface area contributed by atoms with Crippen LogP contribution in [0.3, 0.4) is 0 Å². The Morgan fingerprint density at radius 1 is 0.805 bits per heavy atom. The molecular weight excluding hydrogens is 575 g/mol. The molecule has 4 aromatic rings. The van der Waals surface area contributed by atoms with Gasteiger partial charge in [-0.1, -0.05) is 48.5 Å². The van der Waals surface area contributed by atoms with E-state index in [1.165, 1.54) is 36.4 Å². The van der Waals surface area contributed by atoms with E-state index in [1.807, 2.05) is 30.3 Å². The summed E-state index contributed by atoms with van der Waals surface area (Å²) in [4.78, 5) is 22.5. The highest BCUT2D eigenvalue weighted by atomic mass is 32.2. The maximum Gasteiger partial charge on any atom is 0.442 e. The van der Waals surface area contributed by atoms with E-state index in [0.29, 0.717) is 11.3 Å². The summed E-state index contributed by atoms with van der Waals surface area (Å²) in [7, 11) is -9.26. The molecule has 0 radical (unpaired) electrons. The molecule has 0 heterocycles. The van der Waals surface area contributed by atoms with E-state index < -0.39 is 35.7 Å². The first-order valence-electron chi connectivity index (χ1n) is 12.2. The molecule has 0 saturated carbocycles. The summed E-state index contributed by atoms with van der Waals surface area (Å²) in [5, 5.41) is 5.94. The summed E-state index contributed by atoms with van der Waals surface area (Å²) in [6, 6.07) is 27.7. The minimum absolute atomic E-state index is 0.0383. The molecule has 0 aliphatic rings. The van der Waals surface area contributed by atoms with Gasteiger partial charge in [0, 0.05) is 17.1 Å². The minimum Gasteiger partial charge on any atom is -0.421 e. The molecule has 0 aromatic heterocycles. The normalized spacial score (nSPS) is 13.7. The van der Waals surface area contributed by atoms with Crippen LogP contribution in [0.15, 0.2) is 114 Å². The average Bonchev–Trinajstić information content (AvgIpc) is 2.95. The molecule has 4 N–H and O–H groups in total. The summed E-state index contributed by atoms with van der Waals surface area (Å²) >= 11 is 0. The van der Waals surface area contributed by atoms with Crippen LogP contribution in [-0.2, 0) is 25.8 Å². The fraction of sp³-hybridized carbons (Fsp3) is 0.107. The number of alkyl halides is 2. The zero-order valence-electron chi connectivity index (χ0n) is 21.4. The van der Waals surface area contributed by atoms with Crippen LogP contribution in [0.4, 0.5) is 25.8 Å². The minimum atomic E-state index is -5.16. The lowest BCUT2D eigenvalue weighted by atomic mass is 10.1. The molecule has 2 atom stereocenters. The van der Waals surface area contributed by atoms with Crippen LogP contribution in [0.5, 0.6) is 5.75 Å². The second-order valence-corrected chi connectivity index (χ2v) is 12.2. The van der Waals surface area contributed by atoms with Gasteiger partial charge in [0.05, 0.1) is 4.90 Å². The number of benzene rings is 4. The molecular formula is C28H26F2N3O6PS. The molecule has 4 rings (SSSR count). The number of hydrogen-bond acceptors (Lipinski definition) is 6. The Morgan fingerprint density at radius 3 is 1.93 bits per heavy atom. The summed E-state index contributed by atoms with van der Waals surface area (Å²) in [5.41, 5.74) is 2.51. The van der Waals surface area contributed by atoms with Crippen LogP contribution >= 0.6 is 7.60 Å². The maximum absolute atomic E-state index is 13.3.